The van der Waals surface area contributed by atoms with Crippen LogP contribution >= 0.6 is 0 Å². The molecule has 0 radical (unpaired) electrons. The van der Waals surface area contributed by atoms with Gasteiger partial charge >= 0.3 is 0 Å². The largest absolute Gasteiger partial charge is 0.357 e. The van der Waals surface area contributed by atoms with E-state index in [1.54, 1.807) is 6.20 Å². The summed E-state index contributed by atoms with van der Waals surface area (Å²) in [4.78, 5) is 6.46. The van der Waals surface area contributed by atoms with E-state index < -0.39 is 0 Å². The molecule has 0 bridgehead atoms. The zero-order valence-electron chi connectivity index (χ0n) is 10.6. The molecule has 2 aromatic heterocycles. The first-order valence-electron chi connectivity index (χ1n) is 5.89. The molecule has 0 unspecified atom stereocenters. The van der Waals surface area contributed by atoms with Crippen molar-refractivity contribution in [1.82, 2.24) is 14.6 Å². The van der Waals surface area contributed by atoms with Gasteiger partial charge in [0.2, 0.25) is 0 Å². The third-order valence-electron chi connectivity index (χ3n) is 2.81. The molecule has 5 nitrogen and oxygen atoms in total. The van der Waals surface area contributed by atoms with Gasteiger partial charge in [0.05, 0.1) is 5.69 Å². The minimum Gasteiger partial charge on any atom is -0.357 e. The highest BCUT2D eigenvalue weighted by atomic mass is 15.3. The first-order chi connectivity index (χ1) is 8.13. The van der Waals surface area contributed by atoms with Crippen LogP contribution in [0.5, 0.6) is 0 Å². The van der Waals surface area contributed by atoms with E-state index >= 15 is 0 Å². The van der Waals surface area contributed by atoms with Crippen LogP contribution in [0.4, 0.5) is 5.82 Å². The molecule has 2 heterocycles. The molecule has 0 aliphatic carbocycles. The fourth-order valence-corrected chi connectivity index (χ4v) is 1.80. The summed E-state index contributed by atoms with van der Waals surface area (Å²) in [6.07, 6.45) is 3.65. The topological polar surface area (TPSA) is 59.5 Å². The maximum atomic E-state index is 5.57. The number of rotatable bonds is 4. The lowest BCUT2D eigenvalue weighted by atomic mass is 10.1. The van der Waals surface area contributed by atoms with E-state index in [0.29, 0.717) is 12.5 Å². The lowest BCUT2D eigenvalue weighted by molar-refractivity contribution is 0.785. The Morgan fingerprint density at radius 2 is 2.24 bits per heavy atom. The minimum atomic E-state index is 0.419. The van der Waals surface area contributed by atoms with Gasteiger partial charge < -0.3 is 10.6 Å². The van der Waals surface area contributed by atoms with E-state index in [1.165, 1.54) is 0 Å². The van der Waals surface area contributed by atoms with Gasteiger partial charge in [0.15, 0.2) is 5.82 Å². The van der Waals surface area contributed by atoms with Gasteiger partial charge in [-0.05, 0) is 12.0 Å². The van der Waals surface area contributed by atoms with Gasteiger partial charge in [-0.2, -0.15) is 5.10 Å². The molecule has 92 valence electrons. The third-order valence-corrected chi connectivity index (χ3v) is 2.81. The molecule has 0 aromatic carbocycles. The van der Waals surface area contributed by atoms with Crippen LogP contribution in [0.3, 0.4) is 0 Å². The summed E-state index contributed by atoms with van der Waals surface area (Å²) in [5.41, 5.74) is 7.69. The second-order valence-electron chi connectivity index (χ2n) is 4.51. The quantitative estimate of drug-likeness (QED) is 0.863. The van der Waals surface area contributed by atoms with Crippen molar-refractivity contribution >= 4 is 11.3 Å². The monoisotopic (exact) mass is 233 g/mol. The molecular formula is C12H19N5. The molecule has 0 spiro atoms. The molecular weight excluding hydrogens is 214 g/mol. The van der Waals surface area contributed by atoms with Crippen molar-refractivity contribution in [3.63, 3.8) is 0 Å². The number of aromatic nitrogens is 3. The number of nitrogens with zero attached hydrogens (tertiary/aromatic N) is 4. The van der Waals surface area contributed by atoms with Crippen molar-refractivity contribution in [2.24, 2.45) is 5.73 Å². The SMILES string of the molecule is CC(C)c1cc2c(N(C)CCN)nccn2n1. The smallest absolute Gasteiger partial charge is 0.154 e. The summed E-state index contributed by atoms with van der Waals surface area (Å²) < 4.78 is 1.88. The summed E-state index contributed by atoms with van der Waals surface area (Å²) in [5.74, 6) is 1.35. The highest BCUT2D eigenvalue weighted by molar-refractivity contribution is 5.68. The van der Waals surface area contributed by atoms with Crippen LogP contribution < -0.4 is 10.6 Å². The van der Waals surface area contributed by atoms with Crippen LogP contribution in [0.25, 0.3) is 5.52 Å². The number of hydrogen-bond donors (Lipinski definition) is 1. The highest BCUT2D eigenvalue weighted by Crippen LogP contribution is 2.21. The average molecular weight is 233 g/mol. The Kier molecular flexibility index (Phi) is 3.28. The predicted octanol–water partition coefficient (Wildman–Crippen LogP) is 1.25. The molecule has 5 heteroatoms. The summed E-state index contributed by atoms with van der Waals surface area (Å²) in [6.45, 7) is 5.68. The van der Waals surface area contributed by atoms with Gasteiger partial charge in [-0.25, -0.2) is 9.50 Å². The lowest BCUT2D eigenvalue weighted by Gasteiger charge is -2.17. The van der Waals surface area contributed by atoms with E-state index in [2.05, 4.69) is 34.9 Å². The molecule has 0 aliphatic heterocycles. The van der Waals surface area contributed by atoms with E-state index in [-0.39, 0.29) is 0 Å². The minimum absolute atomic E-state index is 0.419. The Morgan fingerprint density at radius 1 is 1.47 bits per heavy atom. The molecule has 0 amide bonds. The number of fused-ring (bicyclic) bond motifs is 1. The Bertz CT molecular complexity index is 503. The molecule has 0 fully saturated rings. The standard InChI is InChI=1S/C12H19N5/c1-9(2)10-8-11-12(16(3)6-4-13)14-5-7-17(11)15-10/h5,7-9H,4,6,13H2,1-3H3. The summed E-state index contributed by atoms with van der Waals surface area (Å²) in [6, 6.07) is 2.10. The maximum Gasteiger partial charge on any atom is 0.154 e. The lowest BCUT2D eigenvalue weighted by Crippen LogP contribution is -2.26. The highest BCUT2D eigenvalue weighted by Gasteiger charge is 2.11. The first kappa shape index (κ1) is 11.9. The Balaban J connectivity index is 2.49. The normalized spacial score (nSPS) is 11.4. The number of hydrogen-bond acceptors (Lipinski definition) is 4. The molecule has 0 saturated heterocycles. The van der Waals surface area contributed by atoms with Crippen molar-refractivity contribution in [1.29, 1.82) is 0 Å². The van der Waals surface area contributed by atoms with E-state index in [0.717, 1.165) is 23.6 Å². The van der Waals surface area contributed by atoms with Crippen LogP contribution in [0.1, 0.15) is 25.5 Å². The van der Waals surface area contributed by atoms with Crippen molar-refractivity contribution in [2.75, 3.05) is 25.0 Å². The fraction of sp³-hybridized carbons (Fsp3) is 0.500. The molecule has 0 saturated carbocycles. The summed E-state index contributed by atoms with van der Waals surface area (Å²) in [7, 11) is 2.00. The second-order valence-corrected chi connectivity index (χ2v) is 4.51. The van der Waals surface area contributed by atoms with Crippen molar-refractivity contribution in [3.8, 4) is 0 Å². The van der Waals surface area contributed by atoms with Crippen LogP contribution in [-0.4, -0.2) is 34.7 Å². The molecule has 17 heavy (non-hydrogen) atoms. The van der Waals surface area contributed by atoms with Gasteiger partial charge in [0.25, 0.3) is 0 Å². The third kappa shape index (κ3) is 2.24. The first-order valence-corrected chi connectivity index (χ1v) is 5.89. The Labute approximate surface area is 101 Å². The van der Waals surface area contributed by atoms with Gasteiger partial charge in [-0.3, -0.25) is 0 Å². The fourth-order valence-electron chi connectivity index (χ4n) is 1.80. The van der Waals surface area contributed by atoms with Gasteiger partial charge in [-0.1, -0.05) is 13.8 Å². The van der Waals surface area contributed by atoms with Gasteiger partial charge in [-0.15, -0.1) is 0 Å². The zero-order valence-corrected chi connectivity index (χ0v) is 10.6. The molecule has 2 N–H and O–H groups in total. The van der Waals surface area contributed by atoms with Crippen LogP contribution in [0, 0.1) is 0 Å². The number of anilines is 1. The second kappa shape index (κ2) is 4.71. The maximum absolute atomic E-state index is 5.57. The van der Waals surface area contributed by atoms with E-state index in [4.69, 9.17) is 5.73 Å². The van der Waals surface area contributed by atoms with Crippen molar-refractivity contribution in [3.05, 3.63) is 24.2 Å². The average Bonchev–Trinajstić information content (AvgIpc) is 2.72. The van der Waals surface area contributed by atoms with E-state index in [9.17, 15) is 0 Å². The summed E-state index contributed by atoms with van der Waals surface area (Å²) >= 11 is 0. The molecule has 0 atom stereocenters. The van der Waals surface area contributed by atoms with Crippen LogP contribution in [0.2, 0.25) is 0 Å². The Morgan fingerprint density at radius 3 is 2.88 bits per heavy atom. The van der Waals surface area contributed by atoms with Crippen molar-refractivity contribution in [2.45, 2.75) is 19.8 Å². The van der Waals surface area contributed by atoms with E-state index in [1.807, 2.05) is 17.8 Å². The van der Waals surface area contributed by atoms with Crippen LogP contribution in [-0.2, 0) is 0 Å². The van der Waals surface area contributed by atoms with Crippen molar-refractivity contribution < 1.29 is 0 Å². The predicted molar refractivity (Wildman–Crippen MR) is 69.4 cm³/mol. The zero-order chi connectivity index (χ0) is 12.4. The number of nitrogens with two attached hydrogens (primary N) is 1. The molecule has 2 rings (SSSR count). The van der Waals surface area contributed by atoms with Gasteiger partial charge in [0, 0.05) is 32.5 Å². The summed E-state index contributed by atoms with van der Waals surface area (Å²) in [5, 5.41) is 4.53. The molecule has 2 aromatic rings. The van der Waals surface area contributed by atoms with Gasteiger partial charge in [0.1, 0.15) is 5.52 Å². The number of likely N-dealkylation sites (N-methyl/N-ethyl adjacent to an activating group) is 1. The Hall–Kier alpha value is -1.62. The van der Waals surface area contributed by atoms with Crippen LogP contribution in [0.15, 0.2) is 18.5 Å². The molecule has 0 aliphatic rings.